The monoisotopic (exact) mass is 252 g/mol. The molecule has 0 fully saturated rings. The predicted molar refractivity (Wildman–Crippen MR) is 64.4 cm³/mol. The highest BCUT2D eigenvalue weighted by molar-refractivity contribution is 7.13. The van der Waals surface area contributed by atoms with Crippen LogP contribution in [0.2, 0.25) is 0 Å². The Labute approximate surface area is 102 Å². The van der Waals surface area contributed by atoms with Gasteiger partial charge in [0.25, 0.3) is 0 Å². The fraction of sp³-hybridized carbons (Fsp3) is 0.300. The van der Waals surface area contributed by atoms with E-state index >= 15 is 0 Å². The van der Waals surface area contributed by atoms with Gasteiger partial charge in [-0.05, 0) is 6.92 Å². The van der Waals surface area contributed by atoms with Crippen molar-refractivity contribution in [2.45, 2.75) is 19.5 Å². The van der Waals surface area contributed by atoms with Crippen molar-refractivity contribution in [3.8, 4) is 0 Å². The maximum Gasteiger partial charge on any atom is 0.355 e. The number of nitrogens with zero attached hydrogens (tertiary/aromatic N) is 3. The number of nitrogens with one attached hydrogen (secondary N) is 1. The van der Waals surface area contributed by atoms with E-state index in [0.717, 1.165) is 6.54 Å². The molecule has 2 N–H and O–H groups in total. The molecule has 1 atom stereocenters. The SMILES string of the molecule is CC(Cn1ccnc1)Nc1nc(C(=O)O)cs1. The molecule has 0 spiro atoms. The summed E-state index contributed by atoms with van der Waals surface area (Å²) in [6, 6.07) is 0.150. The van der Waals surface area contributed by atoms with Gasteiger partial charge in [0.15, 0.2) is 10.8 Å². The molecule has 0 aliphatic heterocycles. The van der Waals surface area contributed by atoms with Gasteiger partial charge in [-0.2, -0.15) is 0 Å². The number of hydrogen-bond donors (Lipinski definition) is 2. The van der Waals surface area contributed by atoms with Crippen molar-refractivity contribution in [2.24, 2.45) is 0 Å². The zero-order valence-electron chi connectivity index (χ0n) is 9.20. The van der Waals surface area contributed by atoms with Crippen molar-refractivity contribution in [2.75, 3.05) is 5.32 Å². The van der Waals surface area contributed by atoms with E-state index < -0.39 is 5.97 Å². The third-order valence-corrected chi connectivity index (χ3v) is 2.91. The molecule has 0 radical (unpaired) electrons. The molecule has 90 valence electrons. The molecule has 2 heterocycles. The molecular weight excluding hydrogens is 240 g/mol. The number of imidazole rings is 1. The van der Waals surface area contributed by atoms with Crippen LogP contribution in [0.4, 0.5) is 5.13 Å². The summed E-state index contributed by atoms with van der Waals surface area (Å²) in [4.78, 5) is 18.6. The Kier molecular flexibility index (Phi) is 3.38. The van der Waals surface area contributed by atoms with Gasteiger partial charge in [0.1, 0.15) is 0 Å². The molecule has 1 unspecified atom stereocenters. The molecule has 0 bridgehead atoms. The fourth-order valence-corrected chi connectivity index (χ4v) is 2.20. The maximum atomic E-state index is 10.7. The second kappa shape index (κ2) is 4.96. The first kappa shape index (κ1) is 11.6. The van der Waals surface area contributed by atoms with E-state index in [1.54, 1.807) is 12.5 Å². The number of carboxylic acids is 1. The highest BCUT2D eigenvalue weighted by atomic mass is 32.1. The molecule has 0 saturated heterocycles. The maximum absolute atomic E-state index is 10.7. The number of carboxylic acid groups (broad SMARTS) is 1. The third-order valence-electron chi connectivity index (χ3n) is 2.14. The van der Waals surface area contributed by atoms with Crippen LogP contribution < -0.4 is 5.32 Å². The van der Waals surface area contributed by atoms with E-state index in [1.165, 1.54) is 16.7 Å². The zero-order chi connectivity index (χ0) is 12.3. The fourth-order valence-electron chi connectivity index (χ4n) is 1.41. The van der Waals surface area contributed by atoms with E-state index in [1.807, 2.05) is 17.7 Å². The highest BCUT2D eigenvalue weighted by Gasteiger charge is 2.10. The van der Waals surface area contributed by atoms with Crippen molar-refractivity contribution in [3.63, 3.8) is 0 Å². The summed E-state index contributed by atoms with van der Waals surface area (Å²) in [5, 5.41) is 14.0. The number of rotatable bonds is 5. The normalized spacial score (nSPS) is 12.3. The number of thiazole rings is 1. The minimum Gasteiger partial charge on any atom is -0.476 e. The van der Waals surface area contributed by atoms with Crippen LogP contribution in [0.25, 0.3) is 0 Å². The third kappa shape index (κ3) is 3.04. The minimum atomic E-state index is -1.00. The second-order valence-corrected chi connectivity index (χ2v) is 4.51. The summed E-state index contributed by atoms with van der Waals surface area (Å²) in [7, 11) is 0. The van der Waals surface area contributed by atoms with E-state index in [2.05, 4.69) is 15.3 Å². The molecule has 2 aromatic heterocycles. The van der Waals surface area contributed by atoms with Gasteiger partial charge in [-0.15, -0.1) is 11.3 Å². The molecule has 0 aliphatic rings. The van der Waals surface area contributed by atoms with Gasteiger partial charge in [0.2, 0.25) is 0 Å². The molecule has 7 heteroatoms. The van der Waals surface area contributed by atoms with Crippen LogP contribution in [-0.2, 0) is 6.54 Å². The lowest BCUT2D eigenvalue weighted by Crippen LogP contribution is -2.21. The smallest absolute Gasteiger partial charge is 0.355 e. The van der Waals surface area contributed by atoms with Gasteiger partial charge in [0, 0.05) is 30.4 Å². The number of hydrogen-bond acceptors (Lipinski definition) is 5. The molecular formula is C10H12N4O2S. The summed E-state index contributed by atoms with van der Waals surface area (Å²) in [6.45, 7) is 2.75. The Morgan fingerprint density at radius 1 is 1.71 bits per heavy atom. The van der Waals surface area contributed by atoms with Crippen molar-refractivity contribution < 1.29 is 9.90 Å². The Morgan fingerprint density at radius 2 is 2.53 bits per heavy atom. The Bertz CT molecular complexity index is 494. The number of anilines is 1. The molecule has 0 aromatic carbocycles. The summed E-state index contributed by atoms with van der Waals surface area (Å²) < 4.78 is 1.95. The van der Waals surface area contributed by atoms with Gasteiger partial charge in [-0.3, -0.25) is 0 Å². The van der Waals surface area contributed by atoms with E-state index in [4.69, 9.17) is 5.11 Å². The Balaban J connectivity index is 1.93. The molecule has 2 aromatic rings. The van der Waals surface area contributed by atoms with Crippen molar-refractivity contribution >= 4 is 22.4 Å². The first-order chi connectivity index (χ1) is 8.15. The molecule has 0 aliphatic carbocycles. The minimum absolute atomic E-state index is 0.0762. The average molecular weight is 252 g/mol. The largest absolute Gasteiger partial charge is 0.476 e. The molecule has 0 saturated carbocycles. The van der Waals surface area contributed by atoms with Crippen LogP contribution >= 0.6 is 11.3 Å². The van der Waals surface area contributed by atoms with Gasteiger partial charge in [-0.25, -0.2) is 14.8 Å². The van der Waals surface area contributed by atoms with E-state index in [9.17, 15) is 4.79 Å². The lowest BCUT2D eigenvalue weighted by molar-refractivity contribution is 0.0691. The first-order valence-electron chi connectivity index (χ1n) is 5.06. The van der Waals surface area contributed by atoms with Gasteiger partial charge in [0.05, 0.1) is 6.33 Å². The van der Waals surface area contributed by atoms with Crippen LogP contribution in [0.15, 0.2) is 24.1 Å². The van der Waals surface area contributed by atoms with Crippen molar-refractivity contribution in [1.82, 2.24) is 14.5 Å². The van der Waals surface area contributed by atoms with Crippen LogP contribution in [0.3, 0.4) is 0 Å². The predicted octanol–water partition coefficient (Wildman–Crippen LogP) is 1.54. The summed E-state index contributed by atoms with van der Waals surface area (Å²) in [6.07, 6.45) is 5.34. The van der Waals surface area contributed by atoms with E-state index in [0.29, 0.717) is 5.13 Å². The Hall–Kier alpha value is -1.89. The lowest BCUT2D eigenvalue weighted by atomic mass is 10.3. The Morgan fingerprint density at radius 3 is 3.12 bits per heavy atom. The zero-order valence-corrected chi connectivity index (χ0v) is 10.0. The van der Waals surface area contributed by atoms with Crippen LogP contribution in [0, 0.1) is 0 Å². The molecule has 0 amide bonds. The second-order valence-electron chi connectivity index (χ2n) is 3.65. The molecule has 17 heavy (non-hydrogen) atoms. The summed E-state index contributed by atoms with van der Waals surface area (Å²) >= 11 is 1.29. The van der Waals surface area contributed by atoms with Crippen molar-refractivity contribution in [1.29, 1.82) is 0 Å². The molecule has 6 nitrogen and oxygen atoms in total. The average Bonchev–Trinajstić information content (AvgIpc) is 2.88. The highest BCUT2D eigenvalue weighted by Crippen LogP contribution is 2.16. The van der Waals surface area contributed by atoms with Gasteiger partial charge in [-0.1, -0.05) is 0 Å². The van der Waals surface area contributed by atoms with E-state index in [-0.39, 0.29) is 11.7 Å². The first-order valence-corrected chi connectivity index (χ1v) is 5.94. The number of aromatic carboxylic acids is 1. The lowest BCUT2D eigenvalue weighted by Gasteiger charge is -2.12. The summed E-state index contributed by atoms with van der Waals surface area (Å²) in [5.74, 6) is -1.00. The summed E-state index contributed by atoms with van der Waals surface area (Å²) in [5.41, 5.74) is 0.0762. The standard InChI is InChI=1S/C10H12N4O2S/c1-7(4-14-3-2-11-6-14)12-10-13-8(5-17-10)9(15)16/h2-3,5-7H,4H2,1H3,(H,12,13)(H,15,16). The van der Waals surface area contributed by atoms with Crippen LogP contribution in [-0.4, -0.2) is 31.7 Å². The quantitative estimate of drug-likeness (QED) is 0.843. The topological polar surface area (TPSA) is 80.0 Å². The van der Waals surface area contributed by atoms with Gasteiger partial charge < -0.3 is 15.0 Å². The van der Waals surface area contributed by atoms with Crippen LogP contribution in [0.1, 0.15) is 17.4 Å². The van der Waals surface area contributed by atoms with Crippen molar-refractivity contribution in [3.05, 3.63) is 29.8 Å². The number of carbonyl (C=O) groups is 1. The number of aromatic nitrogens is 3. The van der Waals surface area contributed by atoms with Crippen LogP contribution in [0.5, 0.6) is 0 Å². The molecule has 2 rings (SSSR count). The van der Waals surface area contributed by atoms with Gasteiger partial charge >= 0.3 is 5.97 Å².